The van der Waals surface area contributed by atoms with Gasteiger partial charge in [-0.2, -0.15) is 4.73 Å². The van der Waals surface area contributed by atoms with E-state index in [2.05, 4.69) is 0 Å². The number of nitro groups is 1. The highest BCUT2D eigenvalue weighted by atomic mass is 16.6. The van der Waals surface area contributed by atoms with Gasteiger partial charge in [0.1, 0.15) is 11.3 Å². The summed E-state index contributed by atoms with van der Waals surface area (Å²) in [5, 5.41) is 23.7. The van der Waals surface area contributed by atoms with Crippen LogP contribution < -0.4 is 9.63 Å². The summed E-state index contributed by atoms with van der Waals surface area (Å²) in [4.78, 5) is 25.3. The summed E-state index contributed by atoms with van der Waals surface area (Å²) in [6.45, 7) is 6.78. The number of anilines is 1. The number of hydrogen-bond donors (Lipinski definition) is 0. The van der Waals surface area contributed by atoms with E-state index in [1.165, 1.54) is 0 Å². The molecule has 8 heteroatoms. The molecule has 1 aliphatic heterocycles. The number of rotatable bonds is 4. The van der Waals surface area contributed by atoms with Crippen LogP contribution in [0.2, 0.25) is 0 Å². The molecule has 8 nitrogen and oxygen atoms in total. The molecule has 0 N–H and O–H groups in total. The van der Waals surface area contributed by atoms with Gasteiger partial charge < -0.3 is 14.8 Å². The van der Waals surface area contributed by atoms with E-state index in [9.17, 15) is 20.1 Å². The Bertz CT molecular complexity index is 757. The number of pyridine rings is 1. The van der Waals surface area contributed by atoms with Crippen LogP contribution in [-0.4, -0.2) is 29.6 Å². The highest BCUT2D eigenvalue weighted by Crippen LogP contribution is 2.39. The smallest absolute Gasteiger partial charge is 0.357 e. The van der Waals surface area contributed by atoms with Crippen molar-refractivity contribution in [2.24, 2.45) is 5.92 Å². The number of nitrogens with zero attached hydrogens (tertiary/aromatic N) is 3. The van der Waals surface area contributed by atoms with Crippen LogP contribution in [0.15, 0.2) is 6.20 Å². The van der Waals surface area contributed by atoms with Gasteiger partial charge in [0.05, 0.1) is 16.9 Å². The van der Waals surface area contributed by atoms with E-state index in [-0.39, 0.29) is 17.6 Å². The Hall–Kier alpha value is -2.38. The normalized spacial score (nSPS) is 19.7. The van der Waals surface area contributed by atoms with E-state index in [0.717, 1.165) is 31.0 Å². The predicted octanol–water partition coefficient (Wildman–Crippen LogP) is 2.67. The second-order valence-corrected chi connectivity index (χ2v) is 8.47. The average Bonchev–Trinajstić information content (AvgIpc) is 3.03. The first-order valence-electron chi connectivity index (χ1n) is 9.55. The third-order valence-electron chi connectivity index (χ3n) is 5.13. The zero-order valence-electron chi connectivity index (χ0n) is 16.2. The van der Waals surface area contributed by atoms with Gasteiger partial charge in [-0.25, -0.2) is 0 Å². The number of piperidine rings is 1. The van der Waals surface area contributed by atoms with Crippen molar-refractivity contribution in [3.05, 3.63) is 32.8 Å². The molecule has 27 heavy (non-hydrogen) atoms. The molecule has 1 aliphatic carbocycles. The number of ether oxygens (including phenoxy) is 1. The SMILES string of the molecule is CC(C)(C)OC(=O)C[C@H]1CCCN(c2c([N+](=O)[O-])c[n+]([O-])c3c2CCC3)C1. The summed E-state index contributed by atoms with van der Waals surface area (Å²) in [6, 6.07) is 0. The molecule has 1 aromatic heterocycles. The number of hydrogen-bond acceptors (Lipinski definition) is 6. The lowest BCUT2D eigenvalue weighted by Gasteiger charge is -2.34. The van der Waals surface area contributed by atoms with Crippen molar-refractivity contribution in [1.29, 1.82) is 0 Å². The van der Waals surface area contributed by atoms with Crippen LogP contribution in [0.1, 0.15) is 57.7 Å². The van der Waals surface area contributed by atoms with Gasteiger partial charge in [-0.3, -0.25) is 14.9 Å². The molecule has 1 atom stereocenters. The fraction of sp³-hybridized carbons (Fsp3) is 0.684. The summed E-state index contributed by atoms with van der Waals surface area (Å²) >= 11 is 0. The first kappa shape index (κ1) is 19.4. The molecule has 0 amide bonds. The zero-order valence-corrected chi connectivity index (χ0v) is 16.2. The van der Waals surface area contributed by atoms with Crippen LogP contribution in [0.25, 0.3) is 0 Å². The third kappa shape index (κ3) is 4.31. The van der Waals surface area contributed by atoms with E-state index in [4.69, 9.17) is 4.74 Å². The van der Waals surface area contributed by atoms with Crippen molar-refractivity contribution < 1.29 is 19.2 Å². The lowest BCUT2D eigenvalue weighted by molar-refractivity contribution is -0.617. The van der Waals surface area contributed by atoms with Crippen LogP contribution in [0.3, 0.4) is 0 Å². The third-order valence-corrected chi connectivity index (χ3v) is 5.13. The molecule has 0 aromatic carbocycles. The number of esters is 1. The Labute approximate surface area is 158 Å². The van der Waals surface area contributed by atoms with Crippen LogP contribution in [-0.2, 0) is 22.4 Å². The summed E-state index contributed by atoms with van der Waals surface area (Å²) in [6.07, 6.45) is 5.31. The molecular weight excluding hydrogens is 350 g/mol. The fourth-order valence-corrected chi connectivity index (χ4v) is 4.17. The van der Waals surface area contributed by atoms with Gasteiger partial charge in [0.2, 0.25) is 0 Å². The summed E-state index contributed by atoms with van der Waals surface area (Å²) < 4.78 is 6.08. The van der Waals surface area contributed by atoms with Crippen molar-refractivity contribution in [3.8, 4) is 0 Å². The average molecular weight is 377 g/mol. The Kier molecular flexibility index (Phi) is 5.26. The minimum absolute atomic E-state index is 0.0878. The highest BCUT2D eigenvalue weighted by Gasteiger charge is 2.36. The second kappa shape index (κ2) is 7.32. The maximum Gasteiger partial charge on any atom is 0.357 e. The van der Waals surface area contributed by atoms with Crippen molar-refractivity contribution in [1.82, 2.24) is 0 Å². The number of carbonyl (C=O) groups excluding carboxylic acids is 1. The molecule has 2 heterocycles. The van der Waals surface area contributed by atoms with Crippen molar-refractivity contribution in [2.75, 3.05) is 18.0 Å². The van der Waals surface area contributed by atoms with Crippen LogP contribution in [0.5, 0.6) is 0 Å². The van der Waals surface area contributed by atoms with Crippen molar-refractivity contribution in [3.63, 3.8) is 0 Å². The van der Waals surface area contributed by atoms with Gasteiger partial charge in [0.25, 0.3) is 6.20 Å². The summed E-state index contributed by atoms with van der Waals surface area (Å²) in [7, 11) is 0. The Morgan fingerprint density at radius 1 is 1.37 bits per heavy atom. The Morgan fingerprint density at radius 3 is 2.78 bits per heavy atom. The molecule has 0 unspecified atom stereocenters. The van der Waals surface area contributed by atoms with Gasteiger partial charge in [-0.1, -0.05) is 0 Å². The standard InChI is InChI=1S/C19H27N3O5/c1-19(2,3)27-17(23)10-13-6-5-9-20(11-13)18-14-7-4-8-15(14)21(24)12-16(18)22(25)26/h12-13H,4-11H2,1-3H3/t13-/m1/s1. The van der Waals surface area contributed by atoms with Crippen LogP contribution in [0, 0.1) is 21.2 Å². The quantitative estimate of drug-likeness (QED) is 0.263. The van der Waals surface area contributed by atoms with E-state index in [0.29, 0.717) is 48.5 Å². The summed E-state index contributed by atoms with van der Waals surface area (Å²) in [5.41, 5.74) is 1.37. The Balaban J connectivity index is 1.83. The predicted molar refractivity (Wildman–Crippen MR) is 99.5 cm³/mol. The first-order valence-corrected chi connectivity index (χ1v) is 9.55. The number of fused-ring (bicyclic) bond motifs is 1. The molecule has 1 saturated heterocycles. The molecule has 3 rings (SSSR count). The van der Waals surface area contributed by atoms with E-state index < -0.39 is 10.5 Å². The van der Waals surface area contributed by atoms with Crippen LogP contribution in [0.4, 0.5) is 11.4 Å². The topological polar surface area (TPSA) is 99.6 Å². The highest BCUT2D eigenvalue weighted by molar-refractivity contribution is 5.71. The minimum atomic E-state index is -0.522. The van der Waals surface area contributed by atoms with Gasteiger partial charge in [-0.05, 0) is 52.4 Å². The monoisotopic (exact) mass is 377 g/mol. The van der Waals surface area contributed by atoms with Gasteiger partial charge in [0.15, 0.2) is 5.69 Å². The van der Waals surface area contributed by atoms with E-state index >= 15 is 0 Å². The molecule has 0 bridgehead atoms. The molecule has 0 spiro atoms. The van der Waals surface area contributed by atoms with E-state index in [1.54, 1.807) is 0 Å². The number of carbonyl (C=O) groups is 1. The lowest BCUT2D eigenvalue weighted by Crippen LogP contribution is -2.40. The zero-order chi connectivity index (χ0) is 19.8. The van der Waals surface area contributed by atoms with Gasteiger partial charge in [0, 0.05) is 19.5 Å². The maximum atomic E-state index is 12.2. The fourth-order valence-electron chi connectivity index (χ4n) is 4.17. The van der Waals surface area contributed by atoms with E-state index in [1.807, 2.05) is 25.7 Å². The largest absolute Gasteiger partial charge is 0.618 e. The Morgan fingerprint density at radius 2 is 2.11 bits per heavy atom. The summed E-state index contributed by atoms with van der Waals surface area (Å²) in [5.74, 6) is -0.149. The second-order valence-electron chi connectivity index (χ2n) is 8.47. The molecule has 0 radical (unpaired) electrons. The molecule has 1 fully saturated rings. The molecule has 1 aromatic rings. The van der Waals surface area contributed by atoms with Crippen molar-refractivity contribution in [2.45, 2.75) is 64.9 Å². The maximum absolute atomic E-state index is 12.2. The van der Waals surface area contributed by atoms with Gasteiger partial charge in [-0.15, -0.1) is 0 Å². The minimum Gasteiger partial charge on any atom is -0.618 e. The lowest BCUT2D eigenvalue weighted by atomic mass is 9.93. The molecule has 148 valence electrons. The van der Waals surface area contributed by atoms with Crippen LogP contribution >= 0.6 is 0 Å². The molecular formula is C19H27N3O5. The molecule has 0 saturated carbocycles. The van der Waals surface area contributed by atoms with Crippen molar-refractivity contribution >= 4 is 17.3 Å². The number of aromatic nitrogens is 1. The first-order chi connectivity index (χ1) is 12.7. The molecule has 2 aliphatic rings. The van der Waals surface area contributed by atoms with Gasteiger partial charge >= 0.3 is 11.7 Å².